The van der Waals surface area contributed by atoms with Gasteiger partial charge in [-0.25, -0.2) is 0 Å². The van der Waals surface area contributed by atoms with E-state index in [1.165, 1.54) is 0 Å². The largest absolute Gasteiger partial charge is 1.00 e. The molecule has 0 bridgehead atoms. The van der Waals surface area contributed by atoms with Crippen molar-refractivity contribution >= 4 is 35.7 Å². The van der Waals surface area contributed by atoms with Crippen molar-refractivity contribution in [1.29, 1.82) is 0 Å². The molecule has 0 rings (SSSR count). The maximum atomic E-state index is 10.7. The molecule has 0 saturated heterocycles. The Balaban J connectivity index is -0.000000105. The van der Waals surface area contributed by atoms with Gasteiger partial charge in [-0.05, 0) is 12.8 Å². The van der Waals surface area contributed by atoms with Crippen molar-refractivity contribution in [1.82, 2.24) is 4.90 Å². The van der Waals surface area contributed by atoms with E-state index in [4.69, 9.17) is 4.79 Å². The van der Waals surface area contributed by atoms with E-state index in [9.17, 15) is 4.79 Å². The molecule has 0 saturated carbocycles. The van der Waals surface area contributed by atoms with Crippen LogP contribution < -0.4 is 57.1 Å². The second-order valence-electron chi connectivity index (χ2n) is 2.61. The Morgan fingerprint density at radius 3 is 1.60 bits per heavy atom. The Hall–Kier alpha value is 1.28. The molecule has 0 aliphatic heterocycles. The topological polar surface area (TPSA) is 63.4 Å². The number of primary amides is 1. The van der Waals surface area contributed by atoms with Crippen LogP contribution in [0.25, 0.3) is 0 Å². The second-order valence-corrected chi connectivity index (χ2v) is 3.43. The molecule has 0 heterocycles. The number of hydrogen-bond donors (Lipinski definition) is 3. The van der Waals surface area contributed by atoms with E-state index in [1.54, 1.807) is 4.90 Å². The van der Waals surface area contributed by atoms with Crippen LogP contribution in [-0.2, 0) is 0 Å². The molecule has 0 spiro atoms. The minimum absolute atomic E-state index is 0. The zero-order valence-electron chi connectivity index (χ0n) is 10.6. The molecule has 86 valence electrons. The van der Waals surface area contributed by atoms with Crippen molar-refractivity contribution in [2.45, 2.75) is 26.7 Å². The van der Waals surface area contributed by atoms with E-state index in [2.05, 4.69) is 44.8 Å². The van der Waals surface area contributed by atoms with Crippen molar-refractivity contribution in [2.24, 2.45) is 5.73 Å². The molecule has 0 fully saturated rings. The van der Waals surface area contributed by atoms with Gasteiger partial charge in [-0.15, -0.1) is 0 Å². The number of carbonyl (C=O) groups excluding carboxylic acids is 2. The molecule has 2 N–H and O–H groups in total. The zero-order valence-corrected chi connectivity index (χ0v) is 14.5. The molecule has 0 aliphatic carbocycles. The summed E-state index contributed by atoms with van der Waals surface area (Å²) in [5.41, 5.74) is 4.34. The smallest absolute Gasteiger partial charge is 1.00 e. The van der Waals surface area contributed by atoms with E-state index < -0.39 is 5.24 Å². The molecule has 0 aromatic heterocycles. The van der Waals surface area contributed by atoms with Gasteiger partial charge >= 0.3 is 51.4 Å². The summed E-state index contributed by atoms with van der Waals surface area (Å²) >= 11 is 6.85. The summed E-state index contributed by atoms with van der Waals surface area (Å²) in [6, 6.07) is 0. The van der Waals surface area contributed by atoms with Crippen LogP contribution in [0.2, 0.25) is 0 Å². The maximum absolute atomic E-state index is 10.7. The van der Waals surface area contributed by atoms with E-state index in [-0.39, 0.29) is 58.1 Å². The SMILES string of the molecule is CCCN(CCC)C(=O)S.NC(=O)S.[H-].[K+]. The molecule has 0 aromatic carbocycles. The first-order valence-electron chi connectivity index (χ1n) is 4.41. The molecule has 7 heteroatoms. The molecular formula is C8H19KN2O2S2. The Kier molecular flexibility index (Phi) is 21.9. The number of amides is 2. The van der Waals surface area contributed by atoms with Crippen molar-refractivity contribution in [3.63, 3.8) is 0 Å². The van der Waals surface area contributed by atoms with Gasteiger partial charge in [0.25, 0.3) is 10.5 Å². The fourth-order valence-electron chi connectivity index (χ4n) is 0.843. The third-order valence-electron chi connectivity index (χ3n) is 1.26. The van der Waals surface area contributed by atoms with Gasteiger partial charge in [-0.3, -0.25) is 9.59 Å². The van der Waals surface area contributed by atoms with Gasteiger partial charge < -0.3 is 12.1 Å². The fourth-order valence-corrected chi connectivity index (χ4v) is 1.04. The summed E-state index contributed by atoms with van der Waals surface area (Å²) in [6.45, 7) is 5.77. The molecule has 0 aliphatic rings. The number of rotatable bonds is 4. The second kappa shape index (κ2) is 15.3. The summed E-state index contributed by atoms with van der Waals surface area (Å²) in [7, 11) is 0. The van der Waals surface area contributed by atoms with Crippen LogP contribution in [0, 0.1) is 0 Å². The summed E-state index contributed by atoms with van der Waals surface area (Å²) in [5, 5.41) is -0.747. The van der Waals surface area contributed by atoms with Gasteiger partial charge in [0.15, 0.2) is 0 Å². The predicted octanol–water partition coefficient (Wildman–Crippen LogP) is -0.730. The summed E-state index contributed by atoms with van der Waals surface area (Å²) in [4.78, 5) is 21.6. The van der Waals surface area contributed by atoms with Crippen LogP contribution in [0.15, 0.2) is 0 Å². The van der Waals surface area contributed by atoms with Crippen molar-refractivity contribution in [3.05, 3.63) is 0 Å². The monoisotopic (exact) mass is 278 g/mol. The number of nitrogens with two attached hydrogens (primary N) is 1. The maximum Gasteiger partial charge on any atom is 1.00 e. The minimum Gasteiger partial charge on any atom is -1.00 e. The van der Waals surface area contributed by atoms with Gasteiger partial charge in [0.05, 0.1) is 0 Å². The van der Waals surface area contributed by atoms with Gasteiger partial charge in [-0.1, -0.05) is 39.1 Å². The number of thiol groups is 2. The van der Waals surface area contributed by atoms with Gasteiger partial charge in [0.2, 0.25) is 0 Å². The van der Waals surface area contributed by atoms with Crippen molar-refractivity contribution in [3.8, 4) is 0 Å². The Bertz CT molecular complexity index is 177. The Morgan fingerprint density at radius 2 is 1.47 bits per heavy atom. The van der Waals surface area contributed by atoms with E-state index in [0.29, 0.717) is 0 Å². The molecule has 2 amide bonds. The molecule has 0 unspecified atom stereocenters. The van der Waals surface area contributed by atoms with Crippen LogP contribution in [-0.4, -0.2) is 28.5 Å². The first-order valence-corrected chi connectivity index (χ1v) is 5.31. The molecule has 15 heavy (non-hydrogen) atoms. The minimum atomic E-state index is -0.639. The number of hydrogen-bond acceptors (Lipinski definition) is 2. The summed E-state index contributed by atoms with van der Waals surface area (Å²) in [5.74, 6) is 0. The van der Waals surface area contributed by atoms with Crippen LogP contribution >= 0.6 is 25.3 Å². The van der Waals surface area contributed by atoms with Gasteiger partial charge in [0, 0.05) is 13.1 Å². The third-order valence-corrected chi connectivity index (χ3v) is 1.54. The summed E-state index contributed by atoms with van der Waals surface area (Å²) in [6.07, 6.45) is 2.01. The average Bonchev–Trinajstić information content (AvgIpc) is 2.02. The van der Waals surface area contributed by atoms with Crippen LogP contribution in [0.5, 0.6) is 0 Å². The first kappa shape index (κ1) is 21.5. The number of carbonyl (C=O) groups is 2. The zero-order chi connectivity index (χ0) is 11.6. The predicted molar refractivity (Wildman–Crippen MR) is 66.2 cm³/mol. The van der Waals surface area contributed by atoms with Gasteiger partial charge in [-0.2, -0.15) is 0 Å². The third kappa shape index (κ3) is 21.2. The molecule has 0 radical (unpaired) electrons. The first-order chi connectivity index (χ1) is 6.45. The molecule has 0 aromatic rings. The van der Waals surface area contributed by atoms with Gasteiger partial charge in [0.1, 0.15) is 0 Å². The molecule has 0 atom stereocenters. The average molecular weight is 278 g/mol. The van der Waals surface area contributed by atoms with Crippen molar-refractivity contribution < 1.29 is 62.4 Å². The van der Waals surface area contributed by atoms with E-state index in [0.717, 1.165) is 25.9 Å². The van der Waals surface area contributed by atoms with Crippen LogP contribution in [0.4, 0.5) is 9.59 Å². The van der Waals surface area contributed by atoms with Crippen LogP contribution in [0.1, 0.15) is 28.1 Å². The molecule has 4 nitrogen and oxygen atoms in total. The Labute approximate surface area is 146 Å². The standard InChI is InChI=1S/C7H15NOS.CH3NOS.K.H/c1-3-5-8(6-4-2)7(9)10;2-1(3)4;;/h3-6H2,1-2H3,(H,9,10);(H3,2,3,4);;/q;;+1;-1. The van der Waals surface area contributed by atoms with E-state index in [1.807, 2.05) is 0 Å². The molecular weight excluding hydrogens is 259 g/mol. The van der Waals surface area contributed by atoms with Crippen LogP contribution in [0.3, 0.4) is 0 Å². The number of nitrogens with zero attached hydrogens (tertiary/aromatic N) is 1. The van der Waals surface area contributed by atoms with E-state index >= 15 is 0 Å². The Morgan fingerprint density at radius 1 is 1.20 bits per heavy atom. The quantitative estimate of drug-likeness (QED) is 0.469. The summed E-state index contributed by atoms with van der Waals surface area (Å²) < 4.78 is 0. The fraction of sp³-hybridized carbons (Fsp3) is 0.750. The normalized spacial score (nSPS) is 8.00. The van der Waals surface area contributed by atoms with Crippen molar-refractivity contribution in [2.75, 3.05) is 13.1 Å².